The molecule has 0 spiro atoms. The molecule has 2 heterocycles. The van der Waals surface area contributed by atoms with Crippen LogP contribution in [0, 0.1) is 0 Å². The van der Waals surface area contributed by atoms with Crippen molar-refractivity contribution >= 4 is 44.7 Å². The maximum atomic E-state index is 13.0. The number of amides is 2. The number of benzene rings is 2. The van der Waals surface area contributed by atoms with E-state index in [9.17, 15) is 9.59 Å². The molecular formula is C25H29BrN4O4. The van der Waals surface area contributed by atoms with E-state index < -0.39 is 23.9 Å². The number of hydrogen-bond acceptors (Lipinski definition) is 5. The van der Waals surface area contributed by atoms with Crippen molar-refractivity contribution in [3.63, 3.8) is 0 Å². The van der Waals surface area contributed by atoms with Gasteiger partial charge in [-0.1, -0.05) is 28.1 Å². The van der Waals surface area contributed by atoms with Gasteiger partial charge in [-0.15, -0.1) is 0 Å². The first-order valence-electron chi connectivity index (χ1n) is 11.4. The first-order chi connectivity index (χ1) is 16.2. The van der Waals surface area contributed by atoms with Crippen LogP contribution in [-0.4, -0.2) is 45.5 Å². The predicted octanol–water partition coefficient (Wildman–Crippen LogP) is 6.40. The summed E-state index contributed by atoms with van der Waals surface area (Å²) in [5, 5.41) is 10.6. The normalized spacial score (nSPS) is 17.3. The number of ether oxygens (including phenoxy) is 2. The lowest BCUT2D eigenvalue weighted by atomic mass is 9.93. The summed E-state index contributed by atoms with van der Waals surface area (Å²) in [6, 6.07) is 12.7. The molecule has 8 nitrogen and oxygen atoms in total. The van der Waals surface area contributed by atoms with E-state index in [1.807, 2.05) is 57.2 Å². The monoisotopic (exact) mass is 528 g/mol. The highest BCUT2D eigenvalue weighted by Crippen LogP contribution is 2.34. The van der Waals surface area contributed by atoms with Crippen LogP contribution >= 0.6 is 15.9 Å². The Labute approximate surface area is 207 Å². The summed E-state index contributed by atoms with van der Waals surface area (Å²) in [6.45, 7) is 6.08. The third-order valence-corrected chi connectivity index (χ3v) is 6.12. The minimum Gasteiger partial charge on any atom is -0.444 e. The largest absolute Gasteiger partial charge is 0.444 e. The Hall–Kier alpha value is -3.07. The van der Waals surface area contributed by atoms with Crippen molar-refractivity contribution in [2.24, 2.45) is 0 Å². The highest BCUT2D eigenvalue weighted by Gasteiger charge is 2.38. The molecule has 1 aliphatic heterocycles. The van der Waals surface area contributed by atoms with Crippen LogP contribution in [0.5, 0.6) is 0 Å². The topological polar surface area (TPSA) is 96.5 Å². The number of H-pyrrole nitrogens is 1. The lowest BCUT2D eigenvalue weighted by Crippen LogP contribution is -2.49. The van der Waals surface area contributed by atoms with E-state index in [2.05, 4.69) is 31.4 Å². The Morgan fingerprint density at radius 2 is 2.03 bits per heavy atom. The molecule has 180 valence electrons. The molecule has 34 heavy (non-hydrogen) atoms. The van der Waals surface area contributed by atoms with Gasteiger partial charge in [0.05, 0.1) is 17.8 Å². The molecule has 1 fully saturated rings. The number of likely N-dealkylation sites (tertiary alicyclic amines) is 1. The van der Waals surface area contributed by atoms with E-state index in [4.69, 9.17) is 9.47 Å². The summed E-state index contributed by atoms with van der Waals surface area (Å²) in [6.07, 6.45) is 2.54. The third kappa shape index (κ3) is 5.88. The van der Waals surface area contributed by atoms with E-state index in [0.29, 0.717) is 18.7 Å². The zero-order valence-corrected chi connectivity index (χ0v) is 21.1. The summed E-state index contributed by atoms with van der Waals surface area (Å²) in [5.41, 5.74) is 1.66. The van der Waals surface area contributed by atoms with Crippen LogP contribution in [-0.2, 0) is 9.47 Å². The number of halogens is 1. The van der Waals surface area contributed by atoms with E-state index in [0.717, 1.165) is 33.8 Å². The zero-order valence-electron chi connectivity index (χ0n) is 19.5. The molecule has 1 saturated heterocycles. The number of aromatic nitrogens is 2. The predicted molar refractivity (Wildman–Crippen MR) is 134 cm³/mol. The molecule has 4 rings (SSSR count). The number of hydrogen-bond donors (Lipinski definition) is 2. The number of nitrogens with one attached hydrogen (secondary N) is 2. The van der Waals surface area contributed by atoms with Crippen LogP contribution in [0.4, 0.5) is 15.3 Å². The minimum absolute atomic E-state index is 0.347. The summed E-state index contributed by atoms with van der Waals surface area (Å²) < 4.78 is 12.5. The van der Waals surface area contributed by atoms with Gasteiger partial charge in [-0.05, 0) is 75.9 Å². The fourth-order valence-corrected chi connectivity index (χ4v) is 4.57. The number of aromatic amines is 1. The second kappa shape index (κ2) is 10.0. The summed E-state index contributed by atoms with van der Waals surface area (Å²) in [4.78, 5) is 27.7. The fourth-order valence-electron chi connectivity index (χ4n) is 4.15. The van der Waals surface area contributed by atoms with Crippen molar-refractivity contribution in [1.29, 1.82) is 0 Å². The van der Waals surface area contributed by atoms with Crippen LogP contribution in [0.15, 0.2) is 53.1 Å². The number of rotatable bonds is 4. The maximum Gasteiger partial charge on any atom is 0.412 e. The highest BCUT2D eigenvalue weighted by molar-refractivity contribution is 9.10. The van der Waals surface area contributed by atoms with Crippen molar-refractivity contribution < 1.29 is 19.1 Å². The van der Waals surface area contributed by atoms with Crippen LogP contribution in [0.2, 0.25) is 0 Å². The quantitative estimate of drug-likeness (QED) is 0.408. The fraction of sp³-hybridized carbons (Fsp3) is 0.400. The van der Waals surface area contributed by atoms with Gasteiger partial charge in [0, 0.05) is 22.1 Å². The average Bonchev–Trinajstić information content (AvgIpc) is 3.24. The third-order valence-electron chi connectivity index (χ3n) is 5.62. The Morgan fingerprint density at radius 3 is 2.79 bits per heavy atom. The molecule has 0 bridgehead atoms. The van der Waals surface area contributed by atoms with Crippen molar-refractivity contribution in [1.82, 2.24) is 15.1 Å². The molecule has 0 saturated carbocycles. The van der Waals surface area contributed by atoms with Gasteiger partial charge in [0.1, 0.15) is 11.7 Å². The Morgan fingerprint density at radius 1 is 1.21 bits per heavy atom. The molecule has 0 aliphatic carbocycles. The molecule has 1 aromatic heterocycles. The first kappa shape index (κ1) is 24.1. The smallest absolute Gasteiger partial charge is 0.412 e. The molecule has 9 heteroatoms. The van der Waals surface area contributed by atoms with Crippen LogP contribution in [0.1, 0.15) is 51.7 Å². The highest BCUT2D eigenvalue weighted by atomic mass is 79.9. The SMILES string of the molecule is CC(C)(C)OC(=O)N1CCCC[C@H]1[C@@H](OC(=O)Nc1ccc2[nH]ncc2c1)c1cccc(Br)c1. The molecular weight excluding hydrogens is 500 g/mol. The van der Waals surface area contributed by atoms with Crippen molar-refractivity contribution in [2.75, 3.05) is 11.9 Å². The van der Waals surface area contributed by atoms with E-state index >= 15 is 0 Å². The van der Waals surface area contributed by atoms with Crippen LogP contribution in [0.3, 0.4) is 0 Å². The number of piperidine rings is 1. The summed E-state index contributed by atoms with van der Waals surface area (Å²) in [7, 11) is 0. The lowest BCUT2D eigenvalue weighted by Gasteiger charge is -2.40. The van der Waals surface area contributed by atoms with Crippen LogP contribution < -0.4 is 5.32 Å². The van der Waals surface area contributed by atoms with Gasteiger partial charge in [-0.2, -0.15) is 5.10 Å². The molecule has 0 unspecified atom stereocenters. The van der Waals surface area contributed by atoms with Gasteiger partial charge < -0.3 is 14.4 Å². The van der Waals surface area contributed by atoms with Gasteiger partial charge >= 0.3 is 12.2 Å². The van der Waals surface area contributed by atoms with Crippen LogP contribution in [0.25, 0.3) is 10.9 Å². The molecule has 3 aromatic rings. The van der Waals surface area contributed by atoms with E-state index in [1.54, 1.807) is 17.2 Å². The maximum absolute atomic E-state index is 13.0. The molecule has 2 atom stereocenters. The minimum atomic E-state index is -0.664. The second-order valence-corrected chi connectivity index (χ2v) is 10.3. The Kier molecular flexibility index (Phi) is 7.11. The lowest BCUT2D eigenvalue weighted by molar-refractivity contribution is -0.0199. The Balaban J connectivity index is 1.59. The van der Waals surface area contributed by atoms with E-state index in [-0.39, 0.29) is 6.04 Å². The van der Waals surface area contributed by atoms with Crippen molar-refractivity contribution in [2.45, 2.75) is 57.8 Å². The molecule has 2 amide bonds. The molecule has 2 aromatic carbocycles. The van der Waals surface area contributed by atoms with Crippen molar-refractivity contribution in [3.05, 3.63) is 58.7 Å². The van der Waals surface area contributed by atoms with E-state index in [1.165, 1.54) is 0 Å². The van der Waals surface area contributed by atoms with Crippen molar-refractivity contribution in [3.8, 4) is 0 Å². The first-order valence-corrected chi connectivity index (χ1v) is 12.1. The van der Waals surface area contributed by atoms with Gasteiger partial charge in [-0.25, -0.2) is 9.59 Å². The molecule has 0 radical (unpaired) electrons. The van der Waals surface area contributed by atoms with Gasteiger partial charge in [0.25, 0.3) is 0 Å². The average molecular weight is 529 g/mol. The van der Waals surface area contributed by atoms with Gasteiger partial charge in [0.15, 0.2) is 0 Å². The number of carbonyl (C=O) groups is 2. The van der Waals surface area contributed by atoms with Gasteiger partial charge in [0.2, 0.25) is 0 Å². The molecule has 2 N–H and O–H groups in total. The number of fused-ring (bicyclic) bond motifs is 1. The molecule has 1 aliphatic rings. The Bertz CT molecular complexity index is 1170. The summed E-state index contributed by atoms with van der Waals surface area (Å²) in [5.74, 6) is 0. The standard InChI is InChI=1S/C25H29BrN4O4/c1-25(2,3)34-24(32)30-12-5-4-9-21(30)22(16-7-6-8-18(26)13-16)33-23(31)28-19-10-11-20-17(14-19)15-27-29-20/h6-8,10-11,13-15,21-22H,4-5,9,12H2,1-3H3,(H,27,29)(H,28,31)/t21-,22-/m0/s1. The van der Waals surface area contributed by atoms with Gasteiger partial charge in [-0.3, -0.25) is 10.4 Å². The summed E-state index contributed by atoms with van der Waals surface area (Å²) >= 11 is 3.51. The number of nitrogens with zero attached hydrogens (tertiary/aromatic N) is 2. The number of anilines is 1. The zero-order chi connectivity index (χ0) is 24.3. The second-order valence-electron chi connectivity index (χ2n) is 9.41. The number of carbonyl (C=O) groups excluding carboxylic acids is 2.